The van der Waals surface area contributed by atoms with Crippen LogP contribution < -0.4 is 5.32 Å². The van der Waals surface area contributed by atoms with Gasteiger partial charge in [-0.15, -0.1) is 0 Å². The molecule has 2 heterocycles. The van der Waals surface area contributed by atoms with Crippen LogP contribution in [-0.2, 0) is 11.3 Å². The van der Waals surface area contributed by atoms with Gasteiger partial charge in [0.25, 0.3) is 0 Å². The molecular weight excluding hydrogens is 354 g/mol. The Hall–Kier alpha value is -4.00. The molecule has 2 aromatic carbocycles. The molecule has 4 rings (SSSR count). The molecule has 0 saturated carbocycles. The average molecular weight is 371 g/mol. The maximum atomic E-state index is 12.1. The van der Waals surface area contributed by atoms with Crippen LogP contribution in [0.3, 0.4) is 0 Å². The maximum Gasteiger partial charge on any atom is 0.411 e. The van der Waals surface area contributed by atoms with Crippen LogP contribution >= 0.6 is 0 Å². The van der Waals surface area contributed by atoms with Crippen molar-refractivity contribution in [1.29, 1.82) is 0 Å². The highest BCUT2D eigenvalue weighted by atomic mass is 16.5. The van der Waals surface area contributed by atoms with Gasteiger partial charge in [-0.05, 0) is 29.3 Å². The predicted molar refractivity (Wildman–Crippen MR) is 105 cm³/mol. The number of nitrogens with zero attached hydrogens (tertiary/aromatic N) is 3. The number of carbonyl (C=O) groups is 1. The number of aromatic amines is 1. The fourth-order valence-electron chi connectivity index (χ4n) is 2.73. The molecule has 2 aromatic heterocycles. The number of pyridine rings is 1. The molecule has 138 valence electrons. The second-order valence-electron chi connectivity index (χ2n) is 6.06. The normalized spacial score (nSPS) is 10.4. The van der Waals surface area contributed by atoms with Gasteiger partial charge in [0.05, 0.1) is 0 Å². The summed E-state index contributed by atoms with van der Waals surface area (Å²) in [6.45, 7) is 0.218. The van der Waals surface area contributed by atoms with Crippen molar-refractivity contribution in [2.24, 2.45) is 0 Å². The molecule has 1 amide bonds. The summed E-state index contributed by atoms with van der Waals surface area (Å²) in [4.78, 5) is 20.5. The Balaban J connectivity index is 1.46. The molecule has 0 aliphatic rings. The standard InChI is InChI=1S/C21H17N5O2/c27-21(28-13-15-5-2-1-3-6-15)25-19-8-4-7-16(10-19)17-9-18(12-22-11-17)20-23-14-24-26-20/h1-12,14H,13H2,(H,25,27)(H,23,24,26). The number of anilines is 1. The van der Waals surface area contributed by atoms with Crippen molar-refractivity contribution >= 4 is 11.8 Å². The van der Waals surface area contributed by atoms with Gasteiger partial charge in [0.2, 0.25) is 0 Å². The van der Waals surface area contributed by atoms with E-state index in [9.17, 15) is 4.79 Å². The lowest BCUT2D eigenvalue weighted by Gasteiger charge is -2.09. The summed E-state index contributed by atoms with van der Waals surface area (Å²) >= 11 is 0. The number of nitrogens with one attached hydrogen (secondary N) is 2. The first kappa shape index (κ1) is 17.4. The molecular formula is C21H17N5O2. The van der Waals surface area contributed by atoms with E-state index < -0.39 is 6.09 Å². The molecule has 0 unspecified atom stereocenters. The Labute approximate surface area is 161 Å². The second kappa shape index (κ2) is 8.13. The number of aromatic nitrogens is 4. The summed E-state index contributed by atoms with van der Waals surface area (Å²) in [6, 6.07) is 19.0. The quantitative estimate of drug-likeness (QED) is 0.546. The first-order valence-corrected chi connectivity index (χ1v) is 8.67. The van der Waals surface area contributed by atoms with Crippen LogP contribution in [0.5, 0.6) is 0 Å². The number of amides is 1. The van der Waals surface area contributed by atoms with Crippen molar-refractivity contribution in [2.75, 3.05) is 5.32 Å². The van der Waals surface area contributed by atoms with Crippen LogP contribution in [0.4, 0.5) is 10.5 Å². The zero-order valence-corrected chi connectivity index (χ0v) is 14.9. The van der Waals surface area contributed by atoms with E-state index in [4.69, 9.17) is 4.74 Å². The van der Waals surface area contributed by atoms with Crippen LogP contribution in [0.2, 0.25) is 0 Å². The molecule has 4 aromatic rings. The Bertz CT molecular complexity index is 1070. The number of rotatable bonds is 5. The summed E-state index contributed by atoms with van der Waals surface area (Å²) in [6.07, 6.45) is 4.42. The fraction of sp³-hybridized carbons (Fsp3) is 0.0476. The summed E-state index contributed by atoms with van der Waals surface area (Å²) in [5.74, 6) is 0.646. The minimum atomic E-state index is -0.505. The van der Waals surface area contributed by atoms with E-state index in [0.29, 0.717) is 11.5 Å². The van der Waals surface area contributed by atoms with E-state index in [-0.39, 0.29) is 6.61 Å². The minimum absolute atomic E-state index is 0.218. The monoisotopic (exact) mass is 371 g/mol. The van der Waals surface area contributed by atoms with E-state index >= 15 is 0 Å². The smallest absolute Gasteiger partial charge is 0.411 e. The molecule has 0 fully saturated rings. The van der Waals surface area contributed by atoms with Crippen molar-refractivity contribution in [3.63, 3.8) is 0 Å². The number of ether oxygens (including phenoxy) is 1. The topological polar surface area (TPSA) is 92.8 Å². The van der Waals surface area contributed by atoms with Crippen molar-refractivity contribution < 1.29 is 9.53 Å². The predicted octanol–water partition coefficient (Wildman–Crippen LogP) is 4.28. The zero-order valence-electron chi connectivity index (χ0n) is 14.9. The van der Waals surface area contributed by atoms with Crippen LogP contribution in [0, 0.1) is 0 Å². The molecule has 0 spiro atoms. The highest BCUT2D eigenvalue weighted by molar-refractivity contribution is 5.86. The highest BCUT2D eigenvalue weighted by Crippen LogP contribution is 2.25. The molecule has 7 heteroatoms. The van der Waals surface area contributed by atoms with Crippen molar-refractivity contribution in [3.05, 3.63) is 84.9 Å². The van der Waals surface area contributed by atoms with Gasteiger partial charge >= 0.3 is 6.09 Å². The first-order valence-electron chi connectivity index (χ1n) is 8.67. The van der Waals surface area contributed by atoms with E-state index in [0.717, 1.165) is 22.3 Å². The number of hydrogen-bond acceptors (Lipinski definition) is 5. The van der Waals surface area contributed by atoms with Gasteiger partial charge < -0.3 is 4.74 Å². The summed E-state index contributed by atoms with van der Waals surface area (Å²) in [5, 5.41) is 9.44. The van der Waals surface area contributed by atoms with Crippen LogP contribution in [0.25, 0.3) is 22.5 Å². The summed E-state index contributed by atoms with van der Waals surface area (Å²) < 4.78 is 5.26. The fourth-order valence-corrected chi connectivity index (χ4v) is 2.73. The van der Waals surface area contributed by atoms with Gasteiger partial charge in [-0.2, -0.15) is 5.10 Å². The molecule has 0 aliphatic carbocycles. The minimum Gasteiger partial charge on any atom is -0.444 e. The lowest BCUT2D eigenvalue weighted by Crippen LogP contribution is -2.13. The highest BCUT2D eigenvalue weighted by Gasteiger charge is 2.07. The van der Waals surface area contributed by atoms with Gasteiger partial charge in [-0.1, -0.05) is 42.5 Å². The van der Waals surface area contributed by atoms with Crippen LogP contribution in [-0.4, -0.2) is 26.3 Å². The average Bonchev–Trinajstić information content (AvgIpc) is 3.28. The maximum absolute atomic E-state index is 12.1. The Morgan fingerprint density at radius 2 is 1.82 bits per heavy atom. The molecule has 7 nitrogen and oxygen atoms in total. The number of hydrogen-bond donors (Lipinski definition) is 2. The van der Waals surface area contributed by atoms with Gasteiger partial charge in [-0.3, -0.25) is 15.4 Å². The summed E-state index contributed by atoms with van der Waals surface area (Å²) in [5.41, 5.74) is 4.21. The number of H-pyrrole nitrogens is 1. The summed E-state index contributed by atoms with van der Waals surface area (Å²) in [7, 11) is 0. The van der Waals surface area contributed by atoms with E-state index in [1.165, 1.54) is 6.33 Å². The van der Waals surface area contributed by atoms with Crippen LogP contribution in [0.1, 0.15) is 5.56 Å². The van der Waals surface area contributed by atoms with Crippen molar-refractivity contribution in [1.82, 2.24) is 20.2 Å². The molecule has 0 radical (unpaired) electrons. The zero-order chi connectivity index (χ0) is 19.2. The molecule has 0 saturated heterocycles. The second-order valence-corrected chi connectivity index (χ2v) is 6.06. The lowest BCUT2D eigenvalue weighted by atomic mass is 10.1. The molecule has 28 heavy (non-hydrogen) atoms. The Kier molecular flexibility index (Phi) is 5.06. The third-order valence-electron chi connectivity index (χ3n) is 4.08. The van der Waals surface area contributed by atoms with Gasteiger partial charge in [0.1, 0.15) is 12.9 Å². The molecule has 0 bridgehead atoms. The third kappa shape index (κ3) is 4.21. The molecule has 0 atom stereocenters. The number of carbonyl (C=O) groups excluding carboxylic acids is 1. The van der Waals surface area contributed by atoms with Gasteiger partial charge in [0, 0.05) is 29.2 Å². The van der Waals surface area contributed by atoms with Gasteiger partial charge in [-0.25, -0.2) is 9.78 Å². The molecule has 0 aliphatic heterocycles. The number of benzene rings is 2. The van der Waals surface area contributed by atoms with Crippen molar-refractivity contribution in [2.45, 2.75) is 6.61 Å². The van der Waals surface area contributed by atoms with Crippen LogP contribution in [0.15, 0.2) is 79.4 Å². The Morgan fingerprint density at radius 1 is 0.964 bits per heavy atom. The van der Waals surface area contributed by atoms with E-state index in [2.05, 4.69) is 25.5 Å². The lowest BCUT2D eigenvalue weighted by molar-refractivity contribution is 0.155. The SMILES string of the molecule is O=C(Nc1cccc(-c2cncc(-c3ncn[nH]3)c2)c1)OCc1ccccc1. The largest absolute Gasteiger partial charge is 0.444 e. The Morgan fingerprint density at radius 3 is 2.64 bits per heavy atom. The van der Waals surface area contributed by atoms with Gasteiger partial charge in [0.15, 0.2) is 5.82 Å². The third-order valence-corrected chi connectivity index (χ3v) is 4.08. The first-order chi connectivity index (χ1) is 13.8. The van der Waals surface area contributed by atoms with Crippen molar-refractivity contribution in [3.8, 4) is 22.5 Å². The molecule has 2 N–H and O–H groups in total. The van der Waals surface area contributed by atoms with E-state index in [1.54, 1.807) is 18.5 Å². The van der Waals surface area contributed by atoms with E-state index in [1.807, 2.05) is 54.6 Å².